The van der Waals surface area contributed by atoms with E-state index < -0.39 is 0 Å². The molecule has 1 aliphatic heterocycles. The lowest BCUT2D eigenvalue weighted by atomic mass is 10.1. The summed E-state index contributed by atoms with van der Waals surface area (Å²) < 4.78 is 0. The van der Waals surface area contributed by atoms with Crippen LogP contribution in [0.1, 0.15) is 28.8 Å². The van der Waals surface area contributed by atoms with Gasteiger partial charge in [0.25, 0.3) is 0 Å². The Labute approximate surface area is 142 Å². The molecular formula is C18H23N5O. The third-order valence-electron chi connectivity index (χ3n) is 4.44. The molecule has 1 atom stereocenters. The van der Waals surface area contributed by atoms with Crippen molar-refractivity contribution in [1.29, 1.82) is 0 Å². The maximum Gasteiger partial charge on any atom is 0.248 e. The van der Waals surface area contributed by atoms with Crippen LogP contribution in [0.2, 0.25) is 0 Å². The highest BCUT2D eigenvalue weighted by Crippen LogP contribution is 2.23. The Hall–Kier alpha value is -2.47. The van der Waals surface area contributed by atoms with Crippen LogP contribution in [0.5, 0.6) is 0 Å². The normalized spacial score (nSPS) is 17.4. The highest BCUT2D eigenvalue weighted by molar-refractivity contribution is 5.92. The first-order valence-corrected chi connectivity index (χ1v) is 8.25. The van der Waals surface area contributed by atoms with E-state index in [1.54, 1.807) is 18.3 Å². The van der Waals surface area contributed by atoms with Crippen molar-refractivity contribution in [3.8, 4) is 0 Å². The molecule has 2 aromatic rings. The smallest absolute Gasteiger partial charge is 0.248 e. The van der Waals surface area contributed by atoms with E-state index in [1.807, 2.05) is 24.3 Å². The van der Waals surface area contributed by atoms with Crippen LogP contribution in [0.15, 0.2) is 42.6 Å². The summed E-state index contributed by atoms with van der Waals surface area (Å²) in [5.74, 6) is 0.569. The number of nitrogens with two attached hydrogens (primary N) is 1. The average Bonchev–Trinajstić information content (AvgIpc) is 3.04. The number of amides is 1. The van der Waals surface area contributed by atoms with Crippen molar-refractivity contribution in [3.63, 3.8) is 0 Å². The summed E-state index contributed by atoms with van der Waals surface area (Å²) in [6.07, 6.45) is 4.06. The molecule has 0 radical (unpaired) electrons. The lowest BCUT2D eigenvalue weighted by Crippen LogP contribution is -2.39. The van der Waals surface area contributed by atoms with Crippen molar-refractivity contribution in [2.45, 2.75) is 25.4 Å². The van der Waals surface area contributed by atoms with Gasteiger partial charge in [-0.15, -0.1) is 5.10 Å². The van der Waals surface area contributed by atoms with Gasteiger partial charge in [-0.05, 0) is 49.7 Å². The van der Waals surface area contributed by atoms with E-state index in [4.69, 9.17) is 5.73 Å². The van der Waals surface area contributed by atoms with Gasteiger partial charge in [-0.25, -0.2) is 0 Å². The van der Waals surface area contributed by atoms with Gasteiger partial charge in [0.05, 0.1) is 0 Å². The summed E-state index contributed by atoms with van der Waals surface area (Å²) in [6, 6.07) is 11.9. The Kier molecular flexibility index (Phi) is 5.05. The van der Waals surface area contributed by atoms with Gasteiger partial charge in [0.2, 0.25) is 5.91 Å². The molecule has 1 aromatic heterocycles. The molecule has 2 heterocycles. The molecule has 6 heteroatoms. The maximum atomic E-state index is 11.1. The summed E-state index contributed by atoms with van der Waals surface area (Å²) in [7, 11) is 2.12. The minimum Gasteiger partial charge on any atom is -0.366 e. The van der Waals surface area contributed by atoms with Gasteiger partial charge in [0, 0.05) is 37.4 Å². The fourth-order valence-electron chi connectivity index (χ4n) is 3.28. The molecule has 1 unspecified atom stereocenters. The zero-order valence-electron chi connectivity index (χ0n) is 13.9. The Balaban J connectivity index is 1.59. The van der Waals surface area contributed by atoms with E-state index in [-0.39, 0.29) is 5.91 Å². The first kappa shape index (κ1) is 16.4. The first-order chi connectivity index (χ1) is 11.6. The Bertz CT molecular complexity index is 674. The van der Waals surface area contributed by atoms with Gasteiger partial charge in [0.15, 0.2) is 5.82 Å². The van der Waals surface area contributed by atoms with Crippen molar-refractivity contribution in [1.82, 2.24) is 15.1 Å². The number of primary amides is 1. The molecule has 1 fully saturated rings. The number of benzene rings is 1. The quantitative estimate of drug-likeness (QED) is 0.874. The fourth-order valence-corrected chi connectivity index (χ4v) is 3.28. The molecule has 3 rings (SSSR count). The SMILES string of the molecule is CN(Cc1ccc(C(N)=O)cc1)CC1CCCN1c1cccnn1. The van der Waals surface area contributed by atoms with Gasteiger partial charge >= 0.3 is 0 Å². The van der Waals surface area contributed by atoms with Crippen molar-refractivity contribution >= 4 is 11.7 Å². The topological polar surface area (TPSA) is 75.3 Å². The van der Waals surface area contributed by atoms with E-state index in [2.05, 4.69) is 27.0 Å². The number of anilines is 1. The third-order valence-corrected chi connectivity index (χ3v) is 4.44. The Morgan fingerprint density at radius 1 is 1.33 bits per heavy atom. The molecule has 2 N–H and O–H groups in total. The summed E-state index contributed by atoms with van der Waals surface area (Å²) in [6.45, 7) is 2.84. The first-order valence-electron chi connectivity index (χ1n) is 8.25. The second kappa shape index (κ2) is 7.40. The molecular weight excluding hydrogens is 302 g/mol. The predicted molar refractivity (Wildman–Crippen MR) is 93.7 cm³/mol. The standard InChI is InChI=1S/C18H23N5O/c1-22(12-14-6-8-15(9-7-14)18(19)24)13-16-4-3-11-23(16)17-5-2-10-20-21-17/h2,5-10,16H,3-4,11-13H2,1H3,(H2,19,24). The van der Waals surface area contributed by atoms with E-state index in [1.165, 1.54) is 18.4 Å². The molecule has 0 bridgehead atoms. The lowest BCUT2D eigenvalue weighted by Gasteiger charge is -2.29. The summed E-state index contributed by atoms with van der Waals surface area (Å²) in [4.78, 5) is 15.8. The van der Waals surface area contributed by atoms with Crippen LogP contribution in [0.3, 0.4) is 0 Å². The summed E-state index contributed by atoms with van der Waals surface area (Å²) in [5, 5.41) is 8.23. The van der Waals surface area contributed by atoms with Crippen LogP contribution in [0, 0.1) is 0 Å². The number of nitrogens with zero attached hydrogens (tertiary/aromatic N) is 4. The molecule has 126 valence electrons. The lowest BCUT2D eigenvalue weighted by molar-refractivity contribution is 0.100. The Morgan fingerprint density at radius 3 is 2.79 bits per heavy atom. The van der Waals surface area contributed by atoms with Gasteiger partial charge in [-0.2, -0.15) is 5.10 Å². The van der Waals surface area contributed by atoms with Crippen molar-refractivity contribution in [3.05, 3.63) is 53.7 Å². The molecule has 1 saturated heterocycles. The molecule has 0 saturated carbocycles. The van der Waals surface area contributed by atoms with Crippen LogP contribution < -0.4 is 10.6 Å². The Morgan fingerprint density at radius 2 is 2.12 bits per heavy atom. The minimum absolute atomic E-state index is 0.388. The molecule has 24 heavy (non-hydrogen) atoms. The average molecular weight is 325 g/mol. The number of hydrogen-bond acceptors (Lipinski definition) is 5. The van der Waals surface area contributed by atoms with Gasteiger partial charge in [-0.3, -0.25) is 4.79 Å². The third kappa shape index (κ3) is 3.89. The zero-order chi connectivity index (χ0) is 16.9. The molecule has 0 aliphatic carbocycles. The number of likely N-dealkylation sites (N-methyl/N-ethyl adjacent to an activating group) is 1. The van der Waals surface area contributed by atoms with Gasteiger partial charge < -0.3 is 15.5 Å². The van der Waals surface area contributed by atoms with Crippen LogP contribution in [-0.4, -0.2) is 47.2 Å². The van der Waals surface area contributed by atoms with E-state index in [0.29, 0.717) is 11.6 Å². The summed E-state index contributed by atoms with van der Waals surface area (Å²) in [5.41, 5.74) is 7.00. The zero-order valence-corrected chi connectivity index (χ0v) is 13.9. The minimum atomic E-state index is -0.388. The van der Waals surface area contributed by atoms with Crippen molar-refractivity contribution in [2.75, 3.05) is 25.0 Å². The fraction of sp³-hybridized carbons (Fsp3) is 0.389. The second-order valence-corrected chi connectivity index (χ2v) is 6.33. The van der Waals surface area contributed by atoms with Crippen LogP contribution >= 0.6 is 0 Å². The van der Waals surface area contributed by atoms with Crippen LogP contribution in [-0.2, 0) is 6.54 Å². The summed E-state index contributed by atoms with van der Waals surface area (Å²) >= 11 is 0. The predicted octanol–water partition coefficient (Wildman–Crippen LogP) is 1.68. The molecule has 1 aliphatic rings. The van der Waals surface area contributed by atoms with E-state index >= 15 is 0 Å². The van der Waals surface area contributed by atoms with Crippen LogP contribution in [0.25, 0.3) is 0 Å². The number of carbonyl (C=O) groups is 1. The number of carbonyl (C=O) groups excluding carboxylic acids is 1. The van der Waals surface area contributed by atoms with E-state index in [0.717, 1.165) is 25.5 Å². The van der Waals surface area contributed by atoms with Crippen LogP contribution in [0.4, 0.5) is 5.82 Å². The molecule has 1 aromatic carbocycles. The number of aromatic nitrogens is 2. The van der Waals surface area contributed by atoms with E-state index in [9.17, 15) is 4.79 Å². The largest absolute Gasteiger partial charge is 0.366 e. The number of hydrogen-bond donors (Lipinski definition) is 1. The second-order valence-electron chi connectivity index (χ2n) is 6.33. The van der Waals surface area contributed by atoms with Gasteiger partial charge in [-0.1, -0.05) is 12.1 Å². The highest BCUT2D eigenvalue weighted by Gasteiger charge is 2.26. The van der Waals surface area contributed by atoms with Crippen molar-refractivity contribution in [2.24, 2.45) is 5.73 Å². The van der Waals surface area contributed by atoms with Crippen molar-refractivity contribution < 1.29 is 4.79 Å². The van der Waals surface area contributed by atoms with Gasteiger partial charge in [0.1, 0.15) is 0 Å². The highest BCUT2D eigenvalue weighted by atomic mass is 16.1. The number of rotatable bonds is 6. The maximum absolute atomic E-state index is 11.1. The molecule has 1 amide bonds. The monoisotopic (exact) mass is 325 g/mol. The molecule has 0 spiro atoms. The molecule has 6 nitrogen and oxygen atoms in total.